The highest BCUT2D eigenvalue weighted by molar-refractivity contribution is 5.84. The Hall–Kier alpha value is -0.900. The maximum absolute atomic E-state index is 11.7. The summed E-state index contributed by atoms with van der Waals surface area (Å²) in [6, 6.07) is -0.443. The molecule has 86 valence electrons. The Morgan fingerprint density at radius 1 is 1.67 bits per heavy atom. The molecule has 1 amide bonds. The van der Waals surface area contributed by atoms with Gasteiger partial charge in [-0.2, -0.15) is 0 Å². The fourth-order valence-electron chi connectivity index (χ4n) is 1.74. The maximum atomic E-state index is 11.7. The van der Waals surface area contributed by atoms with Crippen LogP contribution >= 0.6 is 0 Å². The van der Waals surface area contributed by atoms with Crippen LogP contribution < -0.4 is 10.6 Å². The Bertz CT molecular complexity index is 225. The minimum Gasteiger partial charge on any atom is -0.345 e. The molecule has 1 aliphatic rings. The number of hydrogen-bond donors (Lipinski definition) is 2. The number of nitrogens with one attached hydrogen (secondary N) is 2. The monoisotopic (exact) mass is 212 g/mol. The van der Waals surface area contributed by atoms with Gasteiger partial charge in [0.05, 0.1) is 12.1 Å². The van der Waals surface area contributed by atoms with Crippen LogP contribution in [0.25, 0.3) is 0 Å². The van der Waals surface area contributed by atoms with Gasteiger partial charge in [0.2, 0.25) is 5.91 Å². The van der Waals surface area contributed by atoms with E-state index in [1.807, 2.05) is 13.8 Å². The summed E-state index contributed by atoms with van der Waals surface area (Å²) in [6.45, 7) is 4.88. The van der Waals surface area contributed by atoms with Gasteiger partial charge in [-0.1, -0.05) is 20.3 Å². The quantitative estimate of drug-likeness (QED) is 0.651. The van der Waals surface area contributed by atoms with E-state index < -0.39 is 0 Å². The highest BCUT2D eigenvalue weighted by Crippen LogP contribution is 2.08. The lowest BCUT2D eigenvalue weighted by Gasteiger charge is -2.20. The molecule has 0 aromatic heterocycles. The molecule has 4 nitrogen and oxygen atoms in total. The van der Waals surface area contributed by atoms with Crippen LogP contribution in [0.5, 0.6) is 0 Å². The molecule has 0 aromatic carbocycles. The zero-order chi connectivity index (χ0) is 11.3. The molecule has 0 radical (unpaired) electrons. The lowest BCUT2D eigenvalue weighted by atomic mass is 10.00. The zero-order valence-electron chi connectivity index (χ0n) is 9.45. The third kappa shape index (κ3) is 3.30. The predicted octanol–water partition coefficient (Wildman–Crippen LogP) is 0.468. The second-order valence-corrected chi connectivity index (χ2v) is 4.20. The first kappa shape index (κ1) is 12.2. The smallest absolute Gasteiger partial charge is 0.237 e. The first-order valence-corrected chi connectivity index (χ1v) is 5.68. The van der Waals surface area contributed by atoms with Crippen LogP contribution in [0.3, 0.4) is 0 Å². The fourth-order valence-corrected chi connectivity index (χ4v) is 1.74. The van der Waals surface area contributed by atoms with Gasteiger partial charge in [0.25, 0.3) is 0 Å². The van der Waals surface area contributed by atoms with Crippen molar-refractivity contribution in [2.75, 3.05) is 6.54 Å². The molecule has 4 heteroatoms. The third-order valence-electron chi connectivity index (χ3n) is 3.09. The van der Waals surface area contributed by atoms with Crippen molar-refractivity contribution in [1.82, 2.24) is 10.6 Å². The molecular weight excluding hydrogens is 192 g/mol. The number of carbonyl (C=O) groups is 2. The van der Waals surface area contributed by atoms with Crippen LogP contribution in [0.15, 0.2) is 0 Å². The van der Waals surface area contributed by atoms with Crippen molar-refractivity contribution in [3.63, 3.8) is 0 Å². The Morgan fingerprint density at radius 3 is 2.87 bits per heavy atom. The summed E-state index contributed by atoms with van der Waals surface area (Å²) < 4.78 is 0. The lowest BCUT2D eigenvalue weighted by Crippen LogP contribution is -2.48. The van der Waals surface area contributed by atoms with Crippen molar-refractivity contribution in [3.8, 4) is 0 Å². The van der Waals surface area contributed by atoms with Gasteiger partial charge in [0.15, 0.2) is 0 Å². The van der Waals surface area contributed by atoms with Gasteiger partial charge >= 0.3 is 0 Å². The van der Waals surface area contributed by atoms with Crippen molar-refractivity contribution in [2.45, 2.75) is 45.2 Å². The number of aldehydes is 1. The van der Waals surface area contributed by atoms with E-state index in [9.17, 15) is 9.59 Å². The molecule has 0 aromatic rings. The fraction of sp³-hybridized carbons (Fsp3) is 0.818. The Kier molecular flexibility index (Phi) is 4.75. The molecular formula is C11H20N2O2. The van der Waals surface area contributed by atoms with Gasteiger partial charge in [-0.3, -0.25) is 4.79 Å². The lowest BCUT2D eigenvalue weighted by molar-refractivity contribution is -0.126. The van der Waals surface area contributed by atoms with E-state index >= 15 is 0 Å². The summed E-state index contributed by atoms with van der Waals surface area (Å²) >= 11 is 0. The van der Waals surface area contributed by atoms with E-state index in [0.29, 0.717) is 0 Å². The van der Waals surface area contributed by atoms with Crippen LogP contribution in [-0.4, -0.2) is 30.8 Å². The Morgan fingerprint density at radius 2 is 2.40 bits per heavy atom. The van der Waals surface area contributed by atoms with E-state index in [1.54, 1.807) is 0 Å². The normalized spacial score (nSPS) is 24.5. The molecule has 1 unspecified atom stereocenters. The van der Waals surface area contributed by atoms with Gasteiger partial charge in [0.1, 0.15) is 6.29 Å². The van der Waals surface area contributed by atoms with Crippen molar-refractivity contribution in [2.24, 2.45) is 5.92 Å². The Labute approximate surface area is 90.8 Å². The summed E-state index contributed by atoms with van der Waals surface area (Å²) in [5.41, 5.74) is 0. The molecule has 0 aliphatic carbocycles. The Balaban J connectivity index is 2.43. The molecule has 1 aliphatic heterocycles. The number of hydrogen-bond acceptors (Lipinski definition) is 3. The van der Waals surface area contributed by atoms with Crippen LogP contribution in [0.4, 0.5) is 0 Å². The first-order valence-electron chi connectivity index (χ1n) is 5.68. The minimum absolute atomic E-state index is 0.0371. The average molecular weight is 212 g/mol. The largest absolute Gasteiger partial charge is 0.345 e. The molecule has 0 spiro atoms. The van der Waals surface area contributed by atoms with Crippen molar-refractivity contribution in [3.05, 3.63) is 0 Å². The summed E-state index contributed by atoms with van der Waals surface area (Å²) in [4.78, 5) is 22.5. The van der Waals surface area contributed by atoms with Crippen molar-refractivity contribution < 1.29 is 9.59 Å². The minimum atomic E-state index is -0.343. The van der Waals surface area contributed by atoms with Crippen molar-refractivity contribution in [1.29, 1.82) is 0 Å². The summed E-state index contributed by atoms with van der Waals surface area (Å²) in [5, 5.41) is 5.90. The summed E-state index contributed by atoms with van der Waals surface area (Å²) in [5.74, 6) is 0.165. The highest BCUT2D eigenvalue weighted by atomic mass is 16.2. The van der Waals surface area contributed by atoms with Crippen LogP contribution in [0.1, 0.15) is 33.1 Å². The van der Waals surface area contributed by atoms with Gasteiger partial charge < -0.3 is 15.4 Å². The molecule has 1 fully saturated rings. The SMILES string of the molecule is CCC(C)[C@@H](C=O)NC(=O)[C@@H]1CCCN1. The predicted molar refractivity (Wildman–Crippen MR) is 58.5 cm³/mol. The molecule has 3 atom stereocenters. The molecule has 0 saturated carbocycles. The molecule has 1 heterocycles. The van der Waals surface area contributed by atoms with Gasteiger partial charge in [0, 0.05) is 0 Å². The second kappa shape index (κ2) is 5.85. The second-order valence-electron chi connectivity index (χ2n) is 4.20. The molecule has 1 saturated heterocycles. The first-order chi connectivity index (χ1) is 7.19. The number of amides is 1. The van der Waals surface area contributed by atoms with Gasteiger partial charge in [-0.15, -0.1) is 0 Å². The molecule has 1 rings (SSSR count). The van der Waals surface area contributed by atoms with Gasteiger partial charge in [-0.05, 0) is 25.3 Å². The highest BCUT2D eigenvalue weighted by Gasteiger charge is 2.25. The maximum Gasteiger partial charge on any atom is 0.237 e. The third-order valence-corrected chi connectivity index (χ3v) is 3.09. The topological polar surface area (TPSA) is 58.2 Å². The standard InChI is InChI=1S/C11H20N2O2/c1-3-8(2)10(7-14)13-11(15)9-5-4-6-12-9/h7-10,12H,3-6H2,1-2H3,(H,13,15)/t8?,9-,10+/m0/s1. The van der Waals surface area contributed by atoms with Crippen LogP contribution in [-0.2, 0) is 9.59 Å². The number of carbonyl (C=O) groups excluding carboxylic acids is 2. The van der Waals surface area contributed by atoms with Crippen LogP contribution in [0, 0.1) is 5.92 Å². The average Bonchev–Trinajstić information content (AvgIpc) is 2.77. The zero-order valence-corrected chi connectivity index (χ0v) is 9.45. The van der Waals surface area contributed by atoms with Crippen LogP contribution in [0.2, 0.25) is 0 Å². The van der Waals surface area contributed by atoms with E-state index in [1.165, 1.54) is 0 Å². The summed E-state index contributed by atoms with van der Waals surface area (Å²) in [6.07, 6.45) is 3.63. The molecule has 0 bridgehead atoms. The van der Waals surface area contributed by atoms with E-state index in [0.717, 1.165) is 32.1 Å². The van der Waals surface area contributed by atoms with E-state index in [2.05, 4.69) is 10.6 Å². The van der Waals surface area contributed by atoms with Gasteiger partial charge in [-0.25, -0.2) is 0 Å². The van der Waals surface area contributed by atoms with E-state index in [-0.39, 0.29) is 23.9 Å². The number of rotatable bonds is 5. The molecule has 15 heavy (non-hydrogen) atoms. The molecule has 2 N–H and O–H groups in total. The van der Waals surface area contributed by atoms with Crippen molar-refractivity contribution >= 4 is 12.2 Å². The van der Waals surface area contributed by atoms with E-state index in [4.69, 9.17) is 0 Å². The summed E-state index contributed by atoms with van der Waals surface area (Å²) in [7, 11) is 0.